The van der Waals surface area contributed by atoms with Crippen molar-refractivity contribution in [3.8, 4) is 0 Å². The minimum atomic E-state index is -0.459. The average Bonchev–Trinajstić information content (AvgIpc) is 2.48. The molecule has 0 unspecified atom stereocenters. The molecule has 0 spiro atoms. The van der Waals surface area contributed by atoms with Crippen LogP contribution in [0.15, 0.2) is 68.3 Å². The van der Waals surface area contributed by atoms with Crippen molar-refractivity contribution < 1.29 is 9.21 Å². The van der Waals surface area contributed by atoms with Gasteiger partial charge in [-0.1, -0.05) is 46.3 Å². The third-order valence-electron chi connectivity index (χ3n) is 3.23. The third kappa shape index (κ3) is 2.95. The maximum Gasteiger partial charge on any atom is 0.339 e. The van der Waals surface area contributed by atoms with Crippen molar-refractivity contribution in [2.24, 2.45) is 0 Å². The molecule has 0 saturated carbocycles. The van der Waals surface area contributed by atoms with Crippen molar-refractivity contribution >= 4 is 32.7 Å². The van der Waals surface area contributed by atoms with Gasteiger partial charge in [-0.2, -0.15) is 0 Å². The summed E-state index contributed by atoms with van der Waals surface area (Å²) in [5.41, 5.74) is 1.02. The zero-order valence-corrected chi connectivity index (χ0v) is 12.6. The van der Waals surface area contributed by atoms with Crippen LogP contribution in [-0.2, 0) is 6.42 Å². The van der Waals surface area contributed by atoms with Crippen LogP contribution in [-0.4, -0.2) is 5.78 Å². The zero-order valence-electron chi connectivity index (χ0n) is 11.0. The Morgan fingerprint density at radius 3 is 2.52 bits per heavy atom. The minimum absolute atomic E-state index is 0.0365. The molecule has 0 N–H and O–H groups in total. The molecule has 2 aromatic carbocycles. The SMILES string of the molecule is O=C(Cc1cc2ccccc2oc1=O)c1ccc(Br)cc1. The van der Waals surface area contributed by atoms with E-state index < -0.39 is 5.63 Å². The van der Waals surface area contributed by atoms with Gasteiger partial charge in [0.1, 0.15) is 5.58 Å². The highest BCUT2D eigenvalue weighted by Gasteiger charge is 2.12. The van der Waals surface area contributed by atoms with E-state index in [2.05, 4.69) is 15.9 Å². The monoisotopic (exact) mass is 342 g/mol. The van der Waals surface area contributed by atoms with Crippen LogP contribution < -0.4 is 5.63 Å². The summed E-state index contributed by atoms with van der Waals surface area (Å²) in [6.07, 6.45) is 0.0365. The van der Waals surface area contributed by atoms with E-state index in [-0.39, 0.29) is 12.2 Å². The molecule has 0 amide bonds. The Labute approximate surface area is 129 Å². The van der Waals surface area contributed by atoms with Crippen LogP contribution in [0.4, 0.5) is 0 Å². The first-order chi connectivity index (χ1) is 10.1. The molecule has 0 saturated heterocycles. The van der Waals surface area contributed by atoms with Gasteiger partial charge in [0.2, 0.25) is 0 Å². The van der Waals surface area contributed by atoms with Crippen molar-refractivity contribution in [1.82, 2.24) is 0 Å². The molecule has 1 aromatic heterocycles. The molecule has 104 valence electrons. The number of halogens is 1. The molecule has 0 atom stereocenters. The normalized spacial score (nSPS) is 10.7. The Morgan fingerprint density at radius 1 is 1.05 bits per heavy atom. The summed E-state index contributed by atoms with van der Waals surface area (Å²) in [5, 5.41) is 0.815. The predicted octanol–water partition coefficient (Wildman–Crippen LogP) is 3.98. The summed E-state index contributed by atoms with van der Waals surface area (Å²) >= 11 is 3.32. The molecule has 0 bridgehead atoms. The highest BCUT2D eigenvalue weighted by atomic mass is 79.9. The van der Waals surface area contributed by atoms with Gasteiger partial charge in [0.05, 0.1) is 0 Å². The number of carbonyl (C=O) groups is 1. The molecule has 0 radical (unpaired) electrons. The largest absolute Gasteiger partial charge is 0.423 e. The number of ketones is 1. The van der Waals surface area contributed by atoms with Crippen molar-refractivity contribution in [2.75, 3.05) is 0 Å². The Morgan fingerprint density at radius 2 is 1.76 bits per heavy atom. The highest BCUT2D eigenvalue weighted by Crippen LogP contribution is 2.15. The number of rotatable bonds is 3. The van der Waals surface area contributed by atoms with E-state index in [9.17, 15) is 9.59 Å². The van der Waals surface area contributed by atoms with E-state index in [0.717, 1.165) is 9.86 Å². The van der Waals surface area contributed by atoms with Crippen LogP contribution in [0.3, 0.4) is 0 Å². The Bertz CT molecular complexity index is 863. The van der Waals surface area contributed by atoms with Crippen molar-refractivity contribution in [3.05, 3.63) is 80.6 Å². The van der Waals surface area contributed by atoms with Gasteiger partial charge in [-0.05, 0) is 24.3 Å². The van der Waals surface area contributed by atoms with Gasteiger partial charge >= 0.3 is 5.63 Å². The van der Waals surface area contributed by atoms with Gasteiger partial charge in [-0.3, -0.25) is 4.79 Å². The first-order valence-electron chi connectivity index (χ1n) is 6.44. The van der Waals surface area contributed by atoms with Gasteiger partial charge in [0, 0.05) is 27.4 Å². The molecule has 0 aliphatic rings. The summed E-state index contributed by atoms with van der Waals surface area (Å²) in [4.78, 5) is 24.1. The number of hydrogen-bond acceptors (Lipinski definition) is 3. The molecular formula is C17H11BrO3. The molecule has 0 aliphatic carbocycles. The second kappa shape index (κ2) is 5.66. The van der Waals surface area contributed by atoms with Crippen LogP contribution in [0.1, 0.15) is 15.9 Å². The summed E-state index contributed by atoms with van der Waals surface area (Å²) in [6, 6.07) is 16.0. The van der Waals surface area contributed by atoms with Crippen molar-refractivity contribution in [2.45, 2.75) is 6.42 Å². The van der Waals surface area contributed by atoms with E-state index in [1.165, 1.54) is 0 Å². The zero-order chi connectivity index (χ0) is 14.8. The van der Waals surface area contributed by atoms with Gasteiger partial charge in [-0.15, -0.1) is 0 Å². The van der Waals surface area contributed by atoms with E-state index in [0.29, 0.717) is 16.7 Å². The molecule has 3 nitrogen and oxygen atoms in total. The van der Waals surface area contributed by atoms with Crippen molar-refractivity contribution in [3.63, 3.8) is 0 Å². The summed E-state index contributed by atoms with van der Waals surface area (Å²) in [6.45, 7) is 0. The molecule has 21 heavy (non-hydrogen) atoms. The van der Waals surface area contributed by atoms with Crippen LogP contribution in [0.25, 0.3) is 11.0 Å². The van der Waals surface area contributed by atoms with Gasteiger partial charge in [0.25, 0.3) is 0 Å². The predicted molar refractivity (Wildman–Crippen MR) is 84.7 cm³/mol. The Hall–Kier alpha value is -2.20. The number of carbonyl (C=O) groups excluding carboxylic acids is 1. The lowest BCUT2D eigenvalue weighted by atomic mass is 10.0. The fraction of sp³-hybridized carbons (Fsp3) is 0.0588. The maximum absolute atomic E-state index is 12.2. The molecule has 3 aromatic rings. The Kier molecular flexibility index (Phi) is 3.71. The molecule has 3 rings (SSSR count). The highest BCUT2D eigenvalue weighted by molar-refractivity contribution is 9.10. The molecular weight excluding hydrogens is 332 g/mol. The second-order valence-electron chi connectivity index (χ2n) is 4.70. The number of Topliss-reactive ketones (excluding diaryl/α,β-unsaturated/α-hetero) is 1. The van der Waals surface area contributed by atoms with Crippen LogP contribution in [0.5, 0.6) is 0 Å². The average molecular weight is 343 g/mol. The van der Waals surface area contributed by atoms with Gasteiger partial charge in [-0.25, -0.2) is 4.79 Å². The third-order valence-corrected chi connectivity index (χ3v) is 3.76. The lowest BCUT2D eigenvalue weighted by Crippen LogP contribution is -2.13. The first-order valence-corrected chi connectivity index (χ1v) is 7.23. The molecule has 4 heteroatoms. The quantitative estimate of drug-likeness (QED) is 0.534. The number of benzene rings is 2. The smallest absolute Gasteiger partial charge is 0.339 e. The van der Waals surface area contributed by atoms with Gasteiger partial charge in [0.15, 0.2) is 5.78 Å². The van der Waals surface area contributed by atoms with Gasteiger partial charge < -0.3 is 4.42 Å². The minimum Gasteiger partial charge on any atom is -0.423 e. The molecule has 1 heterocycles. The number of fused-ring (bicyclic) bond motifs is 1. The summed E-state index contributed by atoms with van der Waals surface area (Å²) < 4.78 is 6.14. The first kappa shape index (κ1) is 13.8. The maximum atomic E-state index is 12.2. The fourth-order valence-corrected chi connectivity index (χ4v) is 2.40. The van der Waals surface area contributed by atoms with E-state index >= 15 is 0 Å². The van der Waals surface area contributed by atoms with Crippen molar-refractivity contribution in [1.29, 1.82) is 0 Å². The van der Waals surface area contributed by atoms with Crippen LogP contribution in [0, 0.1) is 0 Å². The molecule has 0 fully saturated rings. The summed E-state index contributed by atoms with van der Waals surface area (Å²) in [7, 11) is 0. The number of hydrogen-bond donors (Lipinski definition) is 0. The van der Waals surface area contributed by atoms with Crippen LogP contribution >= 0.6 is 15.9 Å². The standard InChI is InChI=1S/C17H11BrO3/c18-14-7-5-11(6-8-14)15(19)10-13-9-12-3-1-2-4-16(12)21-17(13)20/h1-9H,10H2. The lowest BCUT2D eigenvalue weighted by molar-refractivity contribution is 0.0992. The van der Waals surface area contributed by atoms with E-state index in [1.54, 1.807) is 42.5 Å². The molecule has 0 aliphatic heterocycles. The Balaban J connectivity index is 1.94. The topological polar surface area (TPSA) is 47.3 Å². The van der Waals surface area contributed by atoms with E-state index in [1.807, 2.05) is 12.1 Å². The van der Waals surface area contributed by atoms with Crippen LogP contribution in [0.2, 0.25) is 0 Å². The number of para-hydroxylation sites is 1. The fourth-order valence-electron chi connectivity index (χ4n) is 2.14. The van der Waals surface area contributed by atoms with E-state index in [4.69, 9.17) is 4.42 Å². The lowest BCUT2D eigenvalue weighted by Gasteiger charge is -2.02. The summed E-state index contributed by atoms with van der Waals surface area (Å²) in [5.74, 6) is -0.106. The second-order valence-corrected chi connectivity index (χ2v) is 5.62.